The molecule has 0 aromatic carbocycles. The van der Waals surface area contributed by atoms with Gasteiger partial charge in [-0.05, 0) is 37.3 Å². The fraction of sp³-hybridized carbons (Fsp3) is 0.692. The number of β-amino-alcohol motifs (C(OH)–C–C–N with tert-alkyl or cyclic N) is 1. The van der Waals surface area contributed by atoms with E-state index in [4.69, 9.17) is 4.74 Å². The molecule has 3 nitrogen and oxygen atoms in total. The van der Waals surface area contributed by atoms with Crippen molar-refractivity contribution in [1.82, 2.24) is 4.90 Å². The van der Waals surface area contributed by atoms with Gasteiger partial charge in [-0.3, -0.25) is 4.90 Å². The summed E-state index contributed by atoms with van der Waals surface area (Å²) in [4.78, 5) is 3.85. The van der Waals surface area contributed by atoms with E-state index in [1.54, 1.807) is 0 Å². The van der Waals surface area contributed by atoms with Crippen LogP contribution in [0.3, 0.4) is 0 Å². The van der Waals surface area contributed by atoms with Crippen LogP contribution in [0.2, 0.25) is 0 Å². The summed E-state index contributed by atoms with van der Waals surface area (Å²) >= 11 is 1.85. The van der Waals surface area contributed by atoms with Gasteiger partial charge in [-0.1, -0.05) is 0 Å². The fourth-order valence-electron chi connectivity index (χ4n) is 2.39. The van der Waals surface area contributed by atoms with Crippen LogP contribution < -0.4 is 0 Å². The Kier molecular flexibility index (Phi) is 4.56. The molecule has 0 saturated heterocycles. The second-order valence-electron chi connectivity index (χ2n) is 4.53. The Morgan fingerprint density at radius 1 is 1.65 bits per heavy atom. The first-order chi connectivity index (χ1) is 8.22. The zero-order valence-corrected chi connectivity index (χ0v) is 11.4. The van der Waals surface area contributed by atoms with E-state index in [-0.39, 0.29) is 6.10 Å². The normalized spacial score (nSPS) is 22.4. The molecule has 2 rings (SSSR count). The molecule has 96 valence electrons. The first-order valence-corrected chi connectivity index (χ1v) is 7.16. The average Bonchev–Trinajstić information content (AvgIpc) is 2.79. The van der Waals surface area contributed by atoms with Gasteiger partial charge in [0.15, 0.2) is 0 Å². The summed E-state index contributed by atoms with van der Waals surface area (Å²) in [6.45, 7) is 7.03. The second kappa shape index (κ2) is 5.96. The molecule has 1 aliphatic heterocycles. The lowest BCUT2D eigenvalue weighted by atomic mass is 10.0. The van der Waals surface area contributed by atoms with Crippen LogP contribution >= 0.6 is 11.3 Å². The van der Waals surface area contributed by atoms with Crippen LogP contribution in [-0.2, 0) is 11.2 Å². The van der Waals surface area contributed by atoms with Gasteiger partial charge in [-0.25, -0.2) is 0 Å². The maximum atomic E-state index is 9.88. The number of fused-ring (bicyclic) bond motifs is 1. The molecule has 0 aliphatic carbocycles. The summed E-state index contributed by atoms with van der Waals surface area (Å²) in [6.07, 6.45) is 0.733. The molecule has 0 spiro atoms. The minimum absolute atomic E-state index is 0.377. The lowest BCUT2D eigenvalue weighted by Gasteiger charge is -2.34. The first kappa shape index (κ1) is 13.0. The molecule has 0 bridgehead atoms. The number of aliphatic hydroxyl groups is 1. The quantitative estimate of drug-likeness (QED) is 0.874. The molecule has 2 unspecified atom stereocenters. The van der Waals surface area contributed by atoms with Gasteiger partial charge in [0.1, 0.15) is 0 Å². The number of thiophene rings is 1. The Labute approximate surface area is 107 Å². The van der Waals surface area contributed by atoms with Crippen LogP contribution in [0.1, 0.15) is 30.3 Å². The van der Waals surface area contributed by atoms with E-state index < -0.39 is 0 Å². The smallest absolute Gasteiger partial charge is 0.0900 e. The highest BCUT2D eigenvalue weighted by Gasteiger charge is 2.25. The molecule has 1 aliphatic rings. The Hall–Kier alpha value is -0.420. The SMILES string of the molecule is CCOCC(O)CN1CCc2sccc2C1C. The minimum Gasteiger partial charge on any atom is -0.389 e. The maximum Gasteiger partial charge on any atom is 0.0900 e. The van der Waals surface area contributed by atoms with Crippen molar-refractivity contribution in [3.05, 3.63) is 21.9 Å². The zero-order chi connectivity index (χ0) is 12.3. The van der Waals surface area contributed by atoms with Crippen LogP contribution in [0.25, 0.3) is 0 Å². The van der Waals surface area contributed by atoms with Gasteiger partial charge in [-0.15, -0.1) is 11.3 Å². The Morgan fingerprint density at radius 2 is 2.47 bits per heavy atom. The summed E-state index contributed by atoms with van der Waals surface area (Å²) < 4.78 is 5.25. The van der Waals surface area contributed by atoms with Crippen molar-refractivity contribution in [3.63, 3.8) is 0 Å². The van der Waals surface area contributed by atoms with E-state index in [1.807, 2.05) is 18.3 Å². The van der Waals surface area contributed by atoms with Crippen molar-refractivity contribution in [3.8, 4) is 0 Å². The van der Waals surface area contributed by atoms with E-state index in [0.717, 1.165) is 13.0 Å². The largest absolute Gasteiger partial charge is 0.389 e. The van der Waals surface area contributed by atoms with Crippen LogP contribution in [-0.4, -0.2) is 42.4 Å². The zero-order valence-electron chi connectivity index (χ0n) is 10.6. The summed E-state index contributed by atoms with van der Waals surface area (Å²) in [7, 11) is 0. The van der Waals surface area contributed by atoms with E-state index in [9.17, 15) is 5.11 Å². The third kappa shape index (κ3) is 3.07. The second-order valence-corrected chi connectivity index (χ2v) is 5.53. The van der Waals surface area contributed by atoms with Crippen molar-refractivity contribution < 1.29 is 9.84 Å². The molecule has 0 radical (unpaired) electrons. The molecule has 1 aromatic rings. The first-order valence-electron chi connectivity index (χ1n) is 6.28. The van der Waals surface area contributed by atoms with E-state index in [1.165, 1.54) is 10.4 Å². The summed E-state index contributed by atoms with van der Waals surface area (Å²) in [5, 5.41) is 12.1. The maximum absolute atomic E-state index is 9.88. The van der Waals surface area contributed by atoms with Gasteiger partial charge in [-0.2, -0.15) is 0 Å². The van der Waals surface area contributed by atoms with Crippen molar-refractivity contribution in [2.45, 2.75) is 32.4 Å². The van der Waals surface area contributed by atoms with Gasteiger partial charge in [0.05, 0.1) is 12.7 Å². The molecular formula is C13H21NO2S. The number of hydrogen-bond acceptors (Lipinski definition) is 4. The van der Waals surface area contributed by atoms with Crippen molar-refractivity contribution in [2.75, 3.05) is 26.3 Å². The number of rotatable bonds is 5. The predicted molar refractivity (Wildman–Crippen MR) is 70.5 cm³/mol. The molecule has 2 atom stereocenters. The highest BCUT2D eigenvalue weighted by Crippen LogP contribution is 2.32. The monoisotopic (exact) mass is 255 g/mol. The molecule has 1 aromatic heterocycles. The van der Waals surface area contributed by atoms with Gasteiger partial charge in [0.2, 0.25) is 0 Å². The standard InChI is InChI=1S/C13H21NO2S/c1-3-16-9-11(15)8-14-6-4-13-12(10(14)2)5-7-17-13/h5,7,10-11,15H,3-4,6,8-9H2,1-2H3. The highest BCUT2D eigenvalue weighted by atomic mass is 32.1. The van der Waals surface area contributed by atoms with E-state index in [2.05, 4.69) is 23.3 Å². The topological polar surface area (TPSA) is 32.7 Å². The fourth-order valence-corrected chi connectivity index (χ4v) is 3.35. The molecular weight excluding hydrogens is 234 g/mol. The molecule has 0 fully saturated rings. The number of nitrogens with zero attached hydrogens (tertiary/aromatic N) is 1. The molecule has 17 heavy (non-hydrogen) atoms. The summed E-state index contributed by atoms with van der Waals surface area (Å²) in [5.74, 6) is 0. The Morgan fingerprint density at radius 3 is 3.24 bits per heavy atom. The number of aliphatic hydroxyl groups excluding tert-OH is 1. The average molecular weight is 255 g/mol. The molecule has 0 saturated carbocycles. The lowest BCUT2D eigenvalue weighted by Crippen LogP contribution is -2.40. The van der Waals surface area contributed by atoms with Gasteiger partial charge < -0.3 is 9.84 Å². The van der Waals surface area contributed by atoms with E-state index in [0.29, 0.717) is 25.8 Å². The van der Waals surface area contributed by atoms with Crippen molar-refractivity contribution in [2.24, 2.45) is 0 Å². The van der Waals surface area contributed by atoms with Gasteiger partial charge in [0.25, 0.3) is 0 Å². The van der Waals surface area contributed by atoms with Crippen LogP contribution in [0.15, 0.2) is 11.4 Å². The summed E-state index contributed by atoms with van der Waals surface area (Å²) in [6, 6.07) is 2.63. The number of ether oxygens (including phenoxy) is 1. The minimum atomic E-state index is -0.377. The van der Waals surface area contributed by atoms with Crippen LogP contribution in [0, 0.1) is 0 Å². The van der Waals surface area contributed by atoms with E-state index >= 15 is 0 Å². The Balaban J connectivity index is 1.91. The molecule has 2 heterocycles. The van der Waals surface area contributed by atoms with Crippen LogP contribution in [0.5, 0.6) is 0 Å². The molecule has 1 N–H and O–H groups in total. The van der Waals surface area contributed by atoms with Gasteiger partial charge >= 0.3 is 0 Å². The lowest BCUT2D eigenvalue weighted by molar-refractivity contribution is 0.0122. The third-order valence-corrected chi connectivity index (χ3v) is 4.36. The molecule has 4 heteroatoms. The van der Waals surface area contributed by atoms with Gasteiger partial charge in [0, 0.05) is 30.6 Å². The highest BCUT2D eigenvalue weighted by molar-refractivity contribution is 7.10. The molecule has 0 amide bonds. The summed E-state index contributed by atoms with van der Waals surface area (Å²) in [5.41, 5.74) is 1.44. The third-order valence-electron chi connectivity index (χ3n) is 3.36. The Bertz CT molecular complexity index is 353. The van der Waals surface area contributed by atoms with Crippen molar-refractivity contribution >= 4 is 11.3 Å². The van der Waals surface area contributed by atoms with Crippen LogP contribution in [0.4, 0.5) is 0 Å². The predicted octanol–water partition coefficient (Wildman–Crippen LogP) is 2.06. The number of hydrogen-bond donors (Lipinski definition) is 1. The van der Waals surface area contributed by atoms with Crippen molar-refractivity contribution in [1.29, 1.82) is 0 Å².